The molecule has 1 aromatic rings. The van der Waals surface area contributed by atoms with Crippen LogP contribution >= 0.6 is 11.6 Å². The van der Waals surface area contributed by atoms with Crippen molar-refractivity contribution in [3.05, 3.63) is 58.1 Å². The number of allylic oxidation sites excluding steroid dienone is 2. The Hall–Kier alpha value is -4.52. The van der Waals surface area contributed by atoms with Crippen molar-refractivity contribution in [2.24, 2.45) is 29.1 Å². The van der Waals surface area contributed by atoms with Crippen molar-refractivity contribution in [1.82, 2.24) is 25.8 Å². The van der Waals surface area contributed by atoms with Gasteiger partial charge in [-0.15, -0.1) is 0 Å². The molecule has 5 amide bonds. The number of likely N-dealkylation sites (N-methyl/N-ethyl adjacent to an activating group) is 2. The number of nitrogens with one attached hydrogen (secondary N) is 3. The van der Waals surface area contributed by atoms with Gasteiger partial charge < -0.3 is 30.5 Å². The smallest absolute Gasteiger partial charge is 0.311 e. The minimum atomic E-state index is -1.10. The van der Waals surface area contributed by atoms with E-state index in [1.165, 1.54) is 37.7 Å². The number of hydrogen-bond donors (Lipinski definition) is 3. The zero-order valence-electron chi connectivity index (χ0n) is 40.2. The normalized spacial score (nSPS) is 16.1. The molecular formula is C48H76ClN5O8. The average molecular weight is 887 g/mol. The molecule has 0 bridgehead atoms. The minimum Gasteiger partial charge on any atom is -0.457 e. The van der Waals surface area contributed by atoms with Gasteiger partial charge in [-0.25, -0.2) is 0 Å². The van der Waals surface area contributed by atoms with Crippen molar-refractivity contribution in [3.8, 4) is 0 Å². The summed E-state index contributed by atoms with van der Waals surface area (Å²) < 4.78 is 5.96. The third kappa shape index (κ3) is 17.7. The molecule has 0 heterocycles. The van der Waals surface area contributed by atoms with Crippen LogP contribution in [0.3, 0.4) is 0 Å². The lowest BCUT2D eigenvalue weighted by Gasteiger charge is -2.33. The van der Waals surface area contributed by atoms with Gasteiger partial charge in [0.1, 0.15) is 24.2 Å². The first kappa shape index (κ1) is 55.5. The molecular weight excluding hydrogens is 810 g/mol. The number of halogens is 1. The van der Waals surface area contributed by atoms with Crippen molar-refractivity contribution >= 4 is 52.9 Å². The number of benzene rings is 1. The highest BCUT2D eigenvalue weighted by molar-refractivity contribution is 6.30. The Kier molecular flexibility index (Phi) is 22.9. The Morgan fingerprint density at radius 2 is 1.42 bits per heavy atom. The van der Waals surface area contributed by atoms with Gasteiger partial charge in [0.25, 0.3) is 0 Å². The largest absolute Gasteiger partial charge is 0.457 e. The predicted molar refractivity (Wildman–Crippen MR) is 246 cm³/mol. The van der Waals surface area contributed by atoms with Crippen LogP contribution < -0.4 is 16.0 Å². The second-order valence-corrected chi connectivity index (χ2v) is 18.9. The lowest BCUT2D eigenvalue weighted by atomic mass is 9.84. The summed E-state index contributed by atoms with van der Waals surface area (Å²) in [5, 5.41) is 8.85. The van der Waals surface area contributed by atoms with Crippen LogP contribution in [0.4, 0.5) is 0 Å². The Morgan fingerprint density at radius 1 is 0.839 bits per heavy atom. The van der Waals surface area contributed by atoms with E-state index >= 15 is 0 Å². The summed E-state index contributed by atoms with van der Waals surface area (Å²) in [6, 6.07) is 2.99. The molecule has 0 saturated heterocycles. The zero-order valence-corrected chi connectivity index (χ0v) is 41.0. The molecule has 0 aliphatic carbocycles. The van der Waals surface area contributed by atoms with Crippen molar-refractivity contribution in [2.75, 3.05) is 20.6 Å². The third-order valence-electron chi connectivity index (χ3n) is 11.5. The van der Waals surface area contributed by atoms with Crippen molar-refractivity contribution < 1.29 is 38.3 Å². The number of hydrogen-bond acceptors (Lipinski definition) is 8. The van der Waals surface area contributed by atoms with Crippen LogP contribution in [-0.4, -0.2) is 102 Å². The molecule has 0 fully saturated rings. The van der Waals surface area contributed by atoms with E-state index < -0.39 is 65.2 Å². The fourth-order valence-electron chi connectivity index (χ4n) is 6.73. The summed E-state index contributed by atoms with van der Waals surface area (Å²) >= 11 is 6.12. The first-order valence-electron chi connectivity index (χ1n) is 21.8. The Labute approximate surface area is 376 Å². The second-order valence-electron chi connectivity index (χ2n) is 18.5. The molecule has 1 aromatic carbocycles. The van der Waals surface area contributed by atoms with Gasteiger partial charge in [-0.1, -0.05) is 83.8 Å². The maximum Gasteiger partial charge on any atom is 0.311 e. The maximum absolute atomic E-state index is 14.0. The predicted octanol–water partition coefficient (Wildman–Crippen LogP) is 6.86. The van der Waals surface area contributed by atoms with E-state index in [9.17, 15) is 33.6 Å². The zero-order chi connectivity index (χ0) is 47.8. The van der Waals surface area contributed by atoms with Gasteiger partial charge in [0.2, 0.25) is 29.5 Å². The maximum atomic E-state index is 14.0. The minimum absolute atomic E-state index is 0.0116. The summed E-state index contributed by atoms with van der Waals surface area (Å²) in [5.74, 6) is -3.18. The van der Waals surface area contributed by atoms with Crippen molar-refractivity contribution in [1.29, 1.82) is 0 Å². The van der Waals surface area contributed by atoms with E-state index in [4.69, 9.17) is 16.3 Å². The molecule has 13 nitrogen and oxygen atoms in total. The highest BCUT2D eigenvalue weighted by atomic mass is 35.5. The van der Waals surface area contributed by atoms with Gasteiger partial charge in [0.15, 0.2) is 5.78 Å². The van der Waals surface area contributed by atoms with E-state index in [1.54, 1.807) is 31.2 Å². The fraction of sp³-hybridized carbons (Fsp3) is 0.646. The monoisotopic (exact) mass is 886 g/mol. The number of Topliss-reactive ketones (excluding diaryl/α,β-unsaturated/α-hetero) is 1. The van der Waals surface area contributed by atoms with E-state index in [1.807, 2.05) is 88.3 Å². The van der Waals surface area contributed by atoms with Crippen LogP contribution in [0.2, 0.25) is 5.02 Å². The van der Waals surface area contributed by atoms with Crippen LogP contribution in [0.5, 0.6) is 0 Å². The SMILES string of the molecule is C/C=C(\C)C(OC(=O)C(C)(C)C)[C@@H](C)C(C)C/C=C(\C)C(=O)N[C@H](CC(C)C)C(=O)N[C@@H](C)C(=O)N(C)[C@H](Cc1ccc(Cl)cc1)C(=O)N(C)CC(=O)NC(C(C)=O)[C@@H](C)CC. The number of nitrogens with zero attached hydrogens (tertiary/aromatic N) is 2. The van der Waals surface area contributed by atoms with Crippen molar-refractivity contribution in [3.63, 3.8) is 0 Å². The Bertz CT molecular complexity index is 1770. The summed E-state index contributed by atoms with van der Waals surface area (Å²) in [4.78, 5) is 96.0. The summed E-state index contributed by atoms with van der Waals surface area (Å²) in [7, 11) is 2.92. The van der Waals surface area contributed by atoms with Gasteiger partial charge in [-0.3, -0.25) is 33.6 Å². The number of carbonyl (C=O) groups is 7. The van der Waals surface area contributed by atoms with Gasteiger partial charge in [-0.2, -0.15) is 0 Å². The number of ether oxygens (including phenoxy) is 1. The van der Waals surface area contributed by atoms with Crippen LogP contribution in [0.25, 0.3) is 0 Å². The number of amides is 5. The first-order chi connectivity index (χ1) is 28.7. The molecule has 3 N–H and O–H groups in total. The van der Waals surface area contributed by atoms with Gasteiger partial charge in [0.05, 0.1) is 18.0 Å². The van der Waals surface area contributed by atoms with Crippen LogP contribution in [0, 0.1) is 29.1 Å². The van der Waals surface area contributed by atoms with Gasteiger partial charge >= 0.3 is 5.97 Å². The second kappa shape index (κ2) is 25.6. The molecule has 1 rings (SSSR count). The average Bonchev–Trinajstić information content (AvgIpc) is 3.20. The summed E-state index contributed by atoms with van der Waals surface area (Å²) in [6.07, 6.45) is 4.90. The number of esters is 1. The lowest BCUT2D eigenvalue weighted by molar-refractivity contribution is -0.159. The standard InChI is InChI=1S/C48H76ClN5O8/c1-17-29(5)41(35(11)55)52-40(56)27-53(15)46(60)39(26-36-21-23-37(49)24-22-36)54(16)45(59)34(10)50-44(58)38(25-28(3)4)51-43(57)32(8)20-19-31(7)33(9)42(30(6)18-2)62-47(61)48(12,13)14/h18,20-24,28-29,31,33-34,38-39,41-42H,17,19,25-27H2,1-16H3,(H,50,58)(H,51,57)(H,52,56)/b30-18+,32-20+/t29-,31?,33-,34-,38+,39+,41?,42?/m0/s1. The first-order valence-corrected chi connectivity index (χ1v) is 22.2. The molecule has 0 saturated carbocycles. The van der Waals surface area contributed by atoms with Gasteiger partial charge in [-0.05, 0) is 115 Å². The van der Waals surface area contributed by atoms with E-state index in [-0.39, 0.29) is 48.4 Å². The molecule has 62 heavy (non-hydrogen) atoms. The van der Waals surface area contributed by atoms with Crippen LogP contribution in [0.15, 0.2) is 47.6 Å². The highest BCUT2D eigenvalue weighted by Crippen LogP contribution is 2.29. The van der Waals surface area contributed by atoms with E-state index in [0.29, 0.717) is 35.4 Å². The fourth-order valence-corrected chi connectivity index (χ4v) is 6.86. The summed E-state index contributed by atoms with van der Waals surface area (Å²) in [5.41, 5.74) is 1.41. The van der Waals surface area contributed by atoms with Crippen LogP contribution in [-0.2, 0) is 44.7 Å². The molecule has 14 heteroatoms. The molecule has 0 radical (unpaired) electrons. The molecule has 3 unspecified atom stereocenters. The molecule has 8 atom stereocenters. The lowest BCUT2D eigenvalue weighted by Crippen LogP contribution is -2.57. The topological polar surface area (TPSA) is 171 Å². The summed E-state index contributed by atoms with van der Waals surface area (Å²) in [6.45, 7) is 25.2. The molecule has 0 aromatic heterocycles. The number of ketones is 1. The molecule has 0 spiro atoms. The number of rotatable bonds is 23. The molecule has 348 valence electrons. The number of carbonyl (C=O) groups excluding carboxylic acids is 7. The third-order valence-corrected chi connectivity index (χ3v) is 11.8. The Morgan fingerprint density at radius 3 is 1.92 bits per heavy atom. The highest BCUT2D eigenvalue weighted by Gasteiger charge is 2.35. The molecule has 0 aliphatic rings. The van der Waals surface area contributed by atoms with Crippen molar-refractivity contribution in [2.45, 2.75) is 153 Å². The van der Waals surface area contributed by atoms with Crippen LogP contribution in [0.1, 0.15) is 122 Å². The molecule has 0 aliphatic heterocycles. The van der Waals surface area contributed by atoms with E-state index in [0.717, 1.165) is 5.57 Å². The quantitative estimate of drug-likeness (QED) is 0.0609. The van der Waals surface area contributed by atoms with Gasteiger partial charge in [0, 0.05) is 31.1 Å². The Balaban J connectivity index is 3.23. The van der Waals surface area contributed by atoms with E-state index in [2.05, 4.69) is 16.0 Å².